The average molecular weight is 257 g/mol. The van der Waals surface area contributed by atoms with Gasteiger partial charge in [-0.15, -0.1) is 0 Å². The molecule has 1 N–H and O–H groups in total. The van der Waals surface area contributed by atoms with Gasteiger partial charge < -0.3 is 14.6 Å². The zero-order valence-electron chi connectivity index (χ0n) is 9.19. The zero-order chi connectivity index (χ0) is 12.8. The first-order chi connectivity index (χ1) is 7.44. The predicted molar refractivity (Wildman–Crippen MR) is 62.1 cm³/mol. The lowest BCUT2D eigenvalue weighted by Gasteiger charge is -2.25. The number of carboxylic acid groups (broad SMARTS) is 1. The lowest BCUT2D eigenvalue weighted by molar-refractivity contribution is -0.191. The maximum atomic E-state index is 11.4. The Balaban J connectivity index is 0. The van der Waals surface area contributed by atoms with Crippen molar-refractivity contribution in [3.05, 3.63) is 12.7 Å². The Morgan fingerprint density at radius 1 is 1.41 bits per heavy atom. The van der Waals surface area contributed by atoms with Gasteiger partial charge in [0.15, 0.2) is 0 Å². The van der Waals surface area contributed by atoms with E-state index in [4.69, 9.17) is 5.11 Å². The van der Waals surface area contributed by atoms with E-state index in [9.17, 15) is 14.4 Å². The van der Waals surface area contributed by atoms with E-state index in [1.165, 1.54) is 0 Å². The van der Waals surface area contributed by atoms with Crippen molar-refractivity contribution in [2.75, 3.05) is 7.11 Å². The fourth-order valence-electron chi connectivity index (χ4n) is 1.16. The maximum Gasteiger partial charge on any atom is 0.362 e. The summed E-state index contributed by atoms with van der Waals surface area (Å²) >= 11 is 0. The second-order valence-electron chi connectivity index (χ2n) is 3.00. The van der Waals surface area contributed by atoms with Crippen molar-refractivity contribution < 1.29 is 29.0 Å². The first-order valence-corrected chi connectivity index (χ1v) is 4.61. The molecule has 0 saturated heterocycles. The van der Waals surface area contributed by atoms with Crippen LogP contribution in [0.5, 0.6) is 0 Å². The Labute approximate surface area is 115 Å². The summed E-state index contributed by atoms with van der Waals surface area (Å²) in [6, 6.07) is 0. The van der Waals surface area contributed by atoms with Crippen LogP contribution in [-0.2, 0) is 23.9 Å². The first kappa shape index (κ1) is 18.3. The Kier molecular flexibility index (Phi) is 8.68. The fourth-order valence-corrected chi connectivity index (χ4v) is 1.16. The van der Waals surface area contributed by atoms with Gasteiger partial charge in [-0.1, -0.05) is 19.9 Å². The van der Waals surface area contributed by atoms with Crippen LogP contribution < -0.4 is 0 Å². The summed E-state index contributed by atoms with van der Waals surface area (Å²) in [5, 5.41) is 8.99. The minimum absolute atomic E-state index is 0. The van der Waals surface area contributed by atoms with Crippen molar-refractivity contribution in [1.82, 2.24) is 0 Å². The third-order valence-corrected chi connectivity index (χ3v) is 1.90. The molecule has 0 aromatic rings. The van der Waals surface area contributed by atoms with Gasteiger partial charge in [-0.05, 0) is 0 Å². The number of hydrogen-bond acceptors (Lipinski definition) is 5. The molecule has 0 rings (SSSR count). The van der Waals surface area contributed by atoms with E-state index < -0.39 is 23.5 Å². The van der Waals surface area contributed by atoms with Gasteiger partial charge in [0.25, 0.3) is 0 Å². The Morgan fingerprint density at radius 2 is 1.94 bits per heavy atom. The van der Waals surface area contributed by atoms with Gasteiger partial charge >= 0.3 is 46.6 Å². The highest BCUT2D eigenvalue weighted by Crippen LogP contribution is 2.21. The number of rotatable bonds is 6. The number of methoxy groups -OCH3 is 1. The van der Waals surface area contributed by atoms with E-state index in [2.05, 4.69) is 16.1 Å². The standard InChI is InChI=1S/C10H14O6.Mg.2H/c1-4-6-10(8(12)13,9(14)15-3)16-7(11)5-2;;;/h5H,2,4,6H2,1,3H3,(H,12,13);;;. The van der Waals surface area contributed by atoms with Crippen molar-refractivity contribution in [3.63, 3.8) is 0 Å². The quantitative estimate of drug-likeness (QED) is 0.301. The van der Waals surface area contributed by atoms with Gasteiger partial charge in [0.1, 0.15) is 0 Å². The highest BCUT2D eigenvalue weighted by Gasteiger charge is 2.50. The third kappa shape index (κ3) is 4.35. The van der Waals surface area contributed by atoms with Crippen LogP contribution in [0.4, 0.5) is 0 Å². The van der Waals surface area contributed by atoms with Crippen LogP contribution in [-0.4, -0.2) is 58.8 Å². The summed E-state index contributed by atoms with van der Waals surface area (Å²) in [6.45, 7) is 4.78. The van der Waals surface area contributed by atoms with Crippen molar-refractivity contribution in [3.8, 4) is 0 Å². The average Bonchev–Trinajstić information content (AvgIpc) is 2.26. The van der Waals surface area contributed by atoms with Crippen LogP contribution >= 0.6 is 0 Å². The van der Waals surface area contributed by atoms with Crippen LogP contribution in [0.2, 0.25) is 0 Å². The van der Waals surface area contributed by atoms with E-state index in [0.29, 0.717) is 6.42 Å². The van der Waals surface area contributed by atoms with E-state index in [1.807, 2.05) is 0 Å². The van der Waals surface area contributed by atoms with Crippen LogP contribution in [0, 0.1) is 0 Å². The first-order valence-electron chi connectivity index (χ1n) is 4.61. The van der Waals surface area contributed by atoms with Crippen LogP contribution in [0.25, 0.3) is 0 Å². The molecule has 94 valence electrons. The molecular weight excluding hydrogens is 240 g/mol. The van der Waals surface area contributed by atoms with Gasteiger partial charge in [-0.2, -0.15) is 0 Å². The molecule has 0 bridgehead atoms. The molecule has 0 aliphatic heterocycles. The van der Waals surface area contributed by atoms with Gasteiger partial charge in [-0.3, -0.25) is 0 Å². The Hall–Kier alpha value is -1.08. The molecule has 0 aliphatic rings. The summed E-state index contributed by atoms with van der Waals surface area (Å²) in [5.41, 5.74) is -2.28. The number of aliphatic carboxylic acids is 1. The van der Waals surface area contributed by atoms with Crippen molar-refractivity contribution in [2.24, 2.45) is 0 Å². The van der Waals surface area contributed by atoms with Gasteiger partial charge in [0.05, 0.1) is 7.11 Å². The van der Waals surface area contributed by atoms with E-state index in [0.717, 1.165) is 13.2 Å². The molecular formula is C10H16MgO6. The number of esters is 2. The summed E-state index contributed by atoms with van der Waals surface area (Å²) in [7, 11) is 1.03. The summed E-state index contributed by atoms with van der Waals surface area (Å²) in [5.74, 6) is -3.66. The normalized spacial score (nSPS) is 12.6. The predicted octanol–water partition coefficient (Wildman–Crippen LogP) is -0.404. The highest BCUT2D eigenvalue weighted by molar-refractivity contribution is 6.05. The fraction of sp³-hybridized carbons (Fsp3) is 0.500. The Bertz CT molecular complexity index is 314. The number of ether oxygens (including phenoxy) is 2. The minimum atomic E-state index is -2.28. The van der Waals surface area contributed by atoms with Crippen molar-refractivity contribution in [1.29, 1.82) is 0 Å². The second-order valence-corrected chi connectivity index (χ2v) is 3.00. The van der Waals surface area contributed by atoms with Gasteiger partial charge in [0, 0.05) is 12.5 Å². The molecule has 6 nitrogen and oxygen atoms in total. The van der Waals surface area contributed by atoms with Gasteiger partial charge in [-0.25, -0.2) is 14.4 Å². The molecule has 0 radical (unpaired) electrons. The van der Waals surface area contributed by atoms with Crippen molar-refractivity contribution >= 4 is 41.0 Å². The molecule has 0 amide bonds. The molecule has 1 atom stereocenters. The SMILES string of the molecule is C=CC(=O)OC(CCC)(C(=O)O)C(=O)OC.[MgH2]. The van der Waals surface area contributed by atoms with Crippen LogP contribution in [0.15, 0.2) is 12.7 Å². The summed E-state index contributed by atoms with van der Waals surface area (Å²) < 4.78 is 8.95. The molecule has 17 heavy (non-hydrogen) atoms. The smallest absolute Gasteiger partial charge is 0.362 e. The minimum Gasteiger partial charge on any atom is -0.478 e. The topological polar surface area (TPSA) is 89.9 Å². The second kappa shape index (κ2) is 8.07. The zero-order valence-corrected chi connectivity index (χ0v) is 9.19. The number of carboxylic acids is 1. The highest BCUT2D eigenvalue weighted by atomic mass is 24.3. The number of hydrogen-bond donors (Lipinski definition) is 1. The molecule has 0 aliphatic carbocycles. The number of carbonyl (C=O) groups excluding carboxylic acids is 2. The lowest BCUT2D eigenvalue weighted by Crippen LogP contribution is -2.50. The monoisotopic (exact) mass is 256 g/mol. The number of carbonyl (C=O) groups is 3. The van der Waals surface area contributed by atoms with Crippen LogP contribution in [0.3, 0.4) is 0 Å². The molecule has 0 spiro atoms. The summed E-state index contributed by atoms with van der Waals surface area (Å²) in [4.78, 5) is 33.5. The van der Waals surface area contributed by atoms with Crippen molar-refractivity contribution in [2.45, 2.75) is 25.4 Å². The Morgan fingerprint density at radius 3 is 2.24 bits per heavy atom. The van der Waals surface area contributed by atoms with E-state index >= 15 is 0 Å². The molecule has 0 fully saturated rings. The molecule has 0 aromatic carbocycles. The summed E-state index contributed by atoms with van der Waals surface area (Å²) in [6.07, 6.45) is 0.969. The third-order valence-electron chi connectivity index (χ3n) is 1.90. The molecule has 7 heteroatoms. The van der Waals surface area contributed by atoms with Crippen LogP contribution in [0.1, 0.15) is 19.8 Å². The van der Waals surface area contributed by atoms with Gasteiger partial charge in [0.2, 0.25) is 0 Å². The van der Waals surface area contributed by atoms with E-state index in [1.54, 1.807) is 6.92 Å². The molecule has 0 heterocycles. The van der Waals surface area contributed by atoms with E-state index in [-0.39, 0.29) is 29.5 Å². The molecule has 0 aromatic heterocycles. The largest absolute Gasteiger partial charge is 0.478 e. The lowest BCUT2D eigenvalue weighted by atomic mass is 9.98. The molecule has 1 unspecified atom stereocenters. The maximum absolute atomic E-state index is 11.4. The molecule has 0 saturated carbocycles.